The average Bonchev–Trinajstić information content (AvgIpc) is 2.36. The summed E-state index contributed by atoms with van der Waals surface area (Å²) in [4.78, 5) is 11.4. The van der Waals surface area contributed by atoms with Gasteiger partial charge >= 0.3 is 6.18 Å². The van der Waals surface area contributed by atoms with Gasteiger partial charge in [0.2, 0.25) is 0 Å². The van der Waals surface area contributed by atoms with Crippen molar-refractivity contribution in [3.8, 4) is 16.9 Å². The van der Waals surface area contributed by atoms with Gasteiger partial charge in [0.15, 0.2) is 5.78 Å². The number of phenols is 1. The standard InChI is InChI=1S/C16H13F3O2/c1-9-7-12(8-14(21)15(9)10(2)20)11-3-5-13(6-4-11)16(17,18)19/h3-8,21H,1-2H3. The molecule has 0 aliphatic heterocycles. The molecule has 0 saturated heterocycles. The zero-order valence-electron chi connectivity index (χ0n) is 11.5. The minimum Gasteiger partial charge on any atom is -0.507 e. The van der Waals surface area contributed by atoms with Crippen molar-refractivity contribution >= 4 is 5.78 Å². The van der Waals surface area contributed by atoms with E-state index in [9.17, 15) is 23.1 Å². The summed E-state index contributed by atoms with van der Waals surface area (Å²) in [5.74, 6) is -0.429. The second-order valence-electron chi connectivity index (χ2n) is 4.82. The van der Waals surface area contributed by atoms with Crippen LogP contribution in [0.3, 0.4) is 0 Å². The molecule has 5 heteroatoms. The Bertz CT molecular complexity index is 663. The number of alkyl halides is 3. The average molecular weight is 294 g/mol. The van der Waals surface area contributed by atoms with Crippen LogP contribution in [0, 0.1) is 6.92 Å². The number of hydrogen-bond acceptors (Lipinski definition) is 2. The lowest BCUT2D eigenvalue weighted by Crippen LogP contribution is -2.04. The maximum Gasteiger partial charge on any atom is 0.416 e. The summed E-state index contributed by atoms with van der Waals surface area (Å²) < 4.78 is 37.5. The molecule has 0 spiro atoms. The number of phenolic OH excluding ortho intramolecular Hbond substituents is 1. The number of benzene rings is 2. The summed E-state index contributed by atoms with van der Waals surface area (Å²) in [6.07, 6.45) is -4.38. The van der Waals surface area contributed by atoms with Gasteiger partial charge in [0, 0.05) is 0 Å². The van der Waals surface area contributed by atoms with Gasteiger partial charge in [-0.15, -0.1) is 0 Å². The topological polar surface area (TPSA) is 37.3 Å². The Kier molecular flexibility index (Phi) is 3.77. The Morgan fingerprint density at radius 1 is 1.05 bits per heavy atom. The fourth-order valence-corrected chi connectivity index (χ4v) is 2.24. The van der Waals surface area contributed by atoms with E-state index in [0.717, 1.165) is 12.1 Å². The summed E-state index contributed by atoms with van der Waals surface area (Å²) in [6, 6.07) is 7.70. The molecule has 0 unspecified atom stereocenters. The molecule has 0 amide bonds. The first-order valence-corrected chi connectivity index (χ1v) is 6.22. The summed E-state index contributed by atoms with van der Waals surface area (Å²) in [5, 5.41) is 9.89. The number of Topliss-reactive ketones (excluding diaryl/α,β-unsaturated/α-hetero) is 1. The van der Waals surface area contributed by atoms with Crippen molar-refractivity contribution in [1.29, 1.82) is 0 Å². The molecule has 21 heavy (non-hydrogen) atoms. The van der Waals surface area contributed by atoms with Crippen LogP contribution in [0.1, 0.15) is 28.4 Å². The van der Waals surface area contributed by atoms with Crippen LogP contribution < -0.4 is 0 Å². The highest BCUT2D eigenvalue weighted by Crippen LogP contribution is 2.33. The van der Waals surface area contributed by atoms with Gasteiger partial charge in [-0.05, 0) is 48.7 Å². The highest BCUT2D eigenvalue weighted by Gasteiger charge is 2.30. The Morgan fingerprint density at radius 2 is 1.62 bits per heavy atom. The van der Waals surface area contributed by atoms with Gasteiger partial charge in [0.25, 0.3) is 0 Å². The molecule has 0 fully saturated rings. The molecule has 0 aliphatic carbocycles. The number of rotatable bonds is 2. The van der Waals surface area contributed by atoms with E-state index in [-0.39, 0.29) is 17.1 Å². The first-order valence-electron chi connectivity index (χ1n) is 6.22. The fourth-order valence-electron chi connectivity index (χ4n) is 2.24. The minimum absolute atomic E-state index is 0.169. The molecule has 2 aromatic carbocycles. The molecule has 0 radical (unpaired) electrons. The number of halogens is 3. The van der Waals surface area contributed by atoms with Crippen molar-refractivity contribution in [2.75, 3.05) is 0 Å². The Morgan fingerprint density at radius 3 is 2.05 bits per heavy atom. The third-order valence-corrected chi connectivity index (χ3v) is 3.21. The van der Waals surface area contributed by atoms with Gasteiger partial charge in [-0.2, -0.15) is 13.2 Å². The first kappa shape index (κ1) is 15.1. The molecule has 0 aromatic heterocycles. The number of carbonyl (C=O) groups excluding carboxylic acids is 1. The number of carbonyl (C=O) groups is 1. The molecule has 2 nitrogen and oxygen atoms in total. The third kappa shape index (κ3) is 3.07. The minimum atomic E-state index is -4.38. The van der Waals surface area contributed by atoms with Crippen LogP contribution in [0.5, 0.6) is 5.75 Å². The van der Waals surface area contributed by atoms with E-state index in [4.69, 9.17) is 0 Å². The summed E-state index contributed by atoms with van der Waals surface area (Å²) >= 11 is 0. The molecule has 2 aromatic rings. The van der Waals surface area contributed by atoms with Gasteiger partial charge < -0.3 is 5.11 Å². The van der Waals surface area contributed by atoms with Crippen LogP contribution in [-0.2, 0) is 6.18 Å². The second kappa shape index (κ2) is 5.24. The predicted octanol–water partition coefficient (Wildman–Crippen LogP) is 4.59. The Hall–Kier alpha value is -2.30. The maximum absolute atomic E-state index is 12.5. The van der Waals surface area contributed by atoms with Gasteiger partial charge in [0.05, 0.1) is 11.1 Å². The van der Waals surface area contributed by atoms with Crippen molar-refractivity contribution in [3.05, 3.63) is 53.1 Å². The van der Waals surface area contributed by atoms with E-state index in [1.54, 1.807) is 13.0 Å². The van der Waals surface area contributed by atoms with E-state index in [1.165, 1.54) is 25.1 Å². The lowest BCUT2D eigenvalue weighted by Gasteiger charge is -2.11. The molecule has 0 aliphatic rings. The zero-order chi connectivity index (χ0) is 15.8. The monoisotopic (exact) mass is 294 g/mol. The summed E-state index contributed by atoms with van der Waals surface area (Å²) in [6.45, 7) is 3.02. The quantitative estimate of drug-likeness (QED) is 0.823. The molecule has 0 heterocycles. The number of ketones is 1. The van der Waals surface area contributed by atoms with Gasteiger partial charge in [-0.25, -0.2) is 0 Å². The van der Waals surface area contributed by atoms with Crippen LogP contribution in [0.25, 0.3) is 11.1 Å². The third-order valence-electron chi connectivity index (χ3n) is 3.21. The van der Waals surface area contributed by atoms with E-state index < -0.39 is 11.7 Å². The maximum atomic E-state index is 12.5. The molecule has 110 valence electrons. The highest BCUT2D eigenvalue weighted by molar-refractivity contribution is 5.99. The SMILES string of the molecule is CC(=O)c1c(C)cc(-c2ccc(C(F)(F)F)cc2)cc1O. The van der Waals surface area contributed by atoms with Crippen LogP contribution >= 0.6 is 0 Å². The van der Waals surface area contributed by atoms with E-state index >= 15 is 0 Å². The molecule has 0 atom stereocenters. The highest BCUT2D eigenvalue weighted by atomic mass is 19.4. The van der Waals surface area contributed by atoms with Gasteiger partial charge in [-0.3, -0.25) is 4.79 Å². The molecular weight excluding hydrogens is 281 g/mol. The van der Waals surface area contributed by atoms with E-state index in [1.807, 2.05) is 0 Å². The lowest BCUT2D eigenvalue weighted by molar-refractivity contribution is -0.137. The first-order chi connectivity index (χ1) is 9.70. The normalized spacial score (nSPS) is 11.5. The van der Waals surface area contributed by atoms with Crippen molar-refractivity contribution < 1.29 is 23.1 Å². The van der Waals surface area contributed by atoms with Gasteiger partial charge in [-0.1, -0.05) is 18.2 Å². The van der Waals surface area contributed by atoms with Crippen LogP contribution in [0.4, 0.5) is 13.2 Å². The van der Waals surface area contributed by atoms with Crippen molar-refractivity contribution in [2.24, 2.45) is 0 Å². The number of aryl methyl sites for hydroxylation is 1. The fraction of sp³-hybridized carbons (Fsp3) is 0.188. The van der Waals surface area contributed by atoms with E-state index in [0.29, 0.717) is 16.7 Å². The van der Waals surface area contributed by atoms with Crippen LogP contribution in [0.15, 0.2) is 36.4 Å². The molecule has 0 saturated carbocycles. The zero-order valence-corrected chi connectivity index (χ0v) is 11.5. The largest absolute Gasteiger partial charge is 0.507 e. The molecule has 0 bridgehead atoms. The molecular formula is C16H13F3O2. The smallest absolute Gasteiger partial charge is 0.416 e. The van der Waals surface area contributed by atoms with Crippen LogP contribution in [0.2, 0.25) is 0 Å². The predicted molar refractivity (Wildman–Crippen MR) is 73.3 cm³/mol. The molecule has 2 rings (SSSR count). The number of hydrogen-bond donors (Lipinski definition) is 1. The van der Waals surface area contributed by atoms with Crippen LogP contribution in [-0.4, -0.2) is 10.9 Å². The Balaban J connectivity index is 2.46. The Labute approximate surface area is 119 Å². The van der Waals surface area contributed by atoms with Crippen molar-refractivity contribution in [2.45, 2.75) is 20.0 Å². The van der Waals surface area contributed by atoms with E-state index in [2.05, 4.69) is 0 Å². The van der Waals surface area contributed by atoms with Crippen molar-refractivity contribution in [1.82, 2.24) is 0 Å². The van der Waals surface area contributed by atoms with Crippen molar-refractivity contribution in [3.63, 3.8) is 0 Å². The summed E-state index contributed by atoms with van der Waals surface area (Å²) in [5.41, 5.74) is 1.18. The summed E-state index contributed by atoms with van der Waals surface area (Å²) in [7, 11) is 0. The lowest BCUT2D eigenvalue weighted by atomic mass is 9.96. The number of aromatic hydroxyl groups is 1. The van der Waals surface area contributed by atoms with Gasteiger partial charge in [0.1, 0.15) is 5.75 Å². The molecule has 1 N–H and O–H groups in total. The second-order valence-corrected chi connectivity index (χ2v) is 4.82.